The van der Waals surface area contributed by atoms with Crippen molar-refractivity contribution < 1.29 is 9.53 Å². The number of aliphatic imine (C=N–C) groups is 1. The first-order valence-electron chi connectivity index (χ1n) is 7.66. The molecule has 0 spiro atoms. The average Bonchev–Trinajstić information content (AvgIpc) is 2.61. The predicted molar refractivity (Wildman–Crippen MR) is 94.6 cm³/mol. The van der Waals surface area contributed by atoms with E-state index in [-0.39, 0.29) is 6.61 Å². The number of benzene rings is 2. The molecular weight excluding hydrogens is 304 g/mol. The first kappa shape index (κ1) is 17.3. The Bertz CT molecular complexity index is 686. The van der Waals surface area contributed by atoms with E-state index in [1.54, 1.807) is 13.1 Å². The Morgan fingerprint density at radius 3 is 2.38 bits per heavy atom. The summed E-state index contributed by atoms with van der Waals surface area (Å²) in [6, 6.07) is 17.6. The molecule has 6 nitrogen and oxygen atoms in total. The Hall–Kier alpha value is -3.02. The largest absolute Gasteiger partial charge is 0.484 e. The molecule has 0 unspecified atom stereocenters. The summed E-state index contributed by atoms with van der Waals surface area (Å²) >= 11 is 0. The maximum Gasteiger partial charge on any atom is 0.255 e. The molecule has 0 aliphatic carbocycles. The smallest absolute Gasteiger partial charge is 0.255 e. The van der Waals surface area contributed by atoms with Gasteiger partial charge in [0.25, 0.3) is 5.91 Å². The average molecular weight is 326 g/mol. The van der Waals surface area contributed by atoms with Crippen molar-refractivity contribution in [1.82, 2.24) is 10.6 Å². The number of ether oxygens (including phenoxy) is 1. The second kappa shape index (κ2) is 9.19. The van der Waals surface area contributed by atoms with E-state index in [4.69, 9.17) is 10.5 Å². The Kier molecular flexibility index (Phi) is 6.64. The number of rotatable bonds is 7. The van der Waals surface area contributed by atoms with Crippen LogP contribution in [0.1, 0.15) is 11.1 Å². The molecule has 2 aromatic carbocycles. The molecular formula is C18H22N4O2. The van der Waals surface area contributed by atoms with Gasteiger partial charge in [-0.3, -0.25) is 9.79 Å². The Morgan fingerprint density at radius 1 is 1.04 bits per heavy atom. The summed E-state index contributed by atoms with van der Waals surface area (Å²) in [6.07, 6.45) is 0. The van der Waals surface area contributed by atoms with Crippen LogP contribution in [-0.2, 0) is 17.9 Å². The summed E-state index contributed by atoms with van der Waals surface area (Å²) in [4.78, 5) is 15.0. The van der Waals surface area contributed by atoms with E-state index in [0.29, 0.717) is 24.8 Å². The highest BCUT2D eigenvalue weighted by molar-refractivity contribution is 5.79. The van der Waals surface area contributed by atoms with Crippen LogP contribution in [0.25, 0.3) is 0 Å². The third-order valence-corrected chi connectivity index (χ3v) is 3.27. The van der Waals surface area contributed by atoms with Gasteiger partial charge in [-0.05, 0) is 23.3 Å². The molecule has 0 heterocycles. The van der Waals surface area contributed by atoms with Crippen molar-refractivity contribution in [2.75, 3.05) is 13.7 Å². The van der Waals surface area contributed by atoms with Gasteiger partial charge in [-0.2, -0.15) is 0 Å². The minimum Gasteiger partial charge on any atom is -0.484 e. The second-order valence-electron chi connectivity index (χ2n) is 5.17. The van der Waals surface area contributed by atoms with Crippen LogP contribution < -0.4 is 21.1 Å². The lowest BCUT2D eigenvalue weighted by Gasteiger charge is -2.12. The number of primary amides is 1. The van der Waals surface area contributed by atoms with Crippen LogP contribution in [0.5, 0.6) is 5.75 Å². The number of carbonyl (C=O) groups is 1. The van der Waals surface area contributed by atoms with Crippen LogP contribution in [0, 0.1) is 0 Å². The molecule has 0 aromatic heterocycles. The number of nitrogens with one attached hydrogen (secondary N) is 2. The summed E-state index contributed by atoms with van der Waals surface area (Å²) in [6.45, 7) is 1.15. The predicted octanol–water partition coefficient (Wildman–Crippen LogP) is 1.42. The van der Waals surface area contributed by atoms with Crippen LogP contribution in [0.4, 0.5) is 0 Å². The van der Waals surface area contributed by atoms with Gasteiger partial charge >= 0.3 is 0 Å². The van der Waals surface area contributed by atoms with Crippen molar-refractivity contribution in [2.45, 2.75) is 13.1 Å². The van der Waals surface area contributed by atoms with Crippen LogP contribution in [0.15, 0.2) is 59.6 Å². The van der Waals surface area contributed by atoms with E-state index in [1.165, 1.54) is 5.56 Å². The van der Waals surface area contributed by atoms with Crippen molar-refractivity contribution in [3.05, 3.63) is 65.7 Å². The van der Waals surface area contributed by atoms with Crippen LogP contribution in [0.3, 0.4) is 0 Å². The molecule has 24 heavy (non-hydrogen) atoms. The zero-order valence-electron chi connectivity index (χ0n) is 13.7. The molecule has 2 rings (SSSR count). The summed E-state index contributed by atoms with van der Waals surface area (Å²) in [5.74, 6) is 0.826. The lowest BCUT2D eigenvalue weighted by atomic mass is 10.2. The third-order valence-electron chi connectivity index (χ3n) is 3.27. The van der Waals surface area contributed by atoms with Crippen molar-refractivity contribution in [1.29, 1.82) is 0 Å². The van der Waals surface area contributed by atoms with Gasteiger partial charge in [-0.15, -0.1) is 0 Å². The molecule has 0 fully saturated rings. The Labute approximate surface area is 141 Å². The maximum atomic E-state index is 10.8. The van der Waals surface area contributed by atoms with Gasteiger partial charge in [0.2, 0.25) is 0 Å². The number of nitrogens with two attached hydrogens (primary N) is 1. The maximum absolute atomic E-state index is 10.8. The van der Waals surface area contributed by atoms with E-state index < -0.39 is 5.91 Å². The molecule has 0 radical (unpaired) electrons. The number of amides is 1. The first-order chi connectivity index (χ1) is 11.7. The van der Waals surface area contributed by atoms with E-state index in [2.05, 4.69) is 27.8 Å². The lowest BCUT2D eigenvalue weighted by molar-refractivity contribution is -0.119. The topological polar surface area (TPSA) is 88.7 Å². The molecule has 2 aromatic rings. The molecule has 0 aliphatic rings. The van der Waals surface area contributed by atoms with Crippen LogP contribution in [0.2, 0.25) is 0 Å². The van der Waals surface area contributed by atoms with Crippen molar-refractivity contribution in [3.8, 4) is 5.75 Å². The van der Waals surface area contributed by atoms with Gasteiger partial charge in [0, 0.05) is 20.1 Å². The monoisotopic (exact) mass is 326 g/mol. The van der Waals surface area contributed by atoms with Gasteiger partial charge in [0.15, 0.2) is 12.6 Å². The quantitative estimate of drug-likeness (QED) is 0.530. The van der Waals surface area contributed by atoms with Crippen molar-refractivity contribution in [3.63, 3.8) is 0 Å². The molecule has 0 saturated carbocycles. The molecule has 0 atom stereocenters. The molecule has 0 aliphatic heterocycles. The molecule has 1 amide bonds. The zero-order valence-corrected chi connectivity index (χ0v) is 13.7. The van der Waals surface area contributed by atoms with Gasteiger partial charge in [0.1, 0.15) is 5.75 Å². The van der Waals surface area contributed by atoms with E-state index >= 15 is 0 Å². The second-order valence-corrected chi connectivity index (χ2v) is 5.17. The normalized spacial score (nSPS) is 11.0. The minimum atomic E-state index is -0.496. The van der Waals surface area contributed by atoms with Crippen LogP contribution in [-0.4, -0.2) is 25.5 Å². The summed E-state index contributed by atoms with van der Waals surface area (Å²) < 4.78 is 5.30. The van der Waals surface area contributed by atoms with Gasteiger partial charge < -0.3 is 21.1 Å². The Balaban J connectivity index is 1.84. The first-order valence-corrected chi connectivity index (χ1v) is 7.66. The highest BCUT2D eigenvalue weighted by Gasteiger charge is 2.02. The Morgan fingerprint density at radius 2 is 1.71 bits per heavy atom. The molecule has 126 valence electrons. The highest BCUT2D eigenvalue weighted by Crippen LogP contribution is 2.13. The van der Waals surface area contributed by atoms with Gasteiger partial charge in [-0.25, -0.2) is 0 Å². The van der Waals surface area contributed by atoms with E-state index in [1.807, 2.05) is 36.4 Å². The minimum absolute atomic E-state index is 0.128. The van der Waals surface area contributed by atoms with Crippen molar-refractivity contribution >= 4 is 11.9 Å². The standard InChI is InChI=1S/C18H22N4O2/c1-20-18(21-11-14-6-3-2-4-7-14)22-12-15-8-5-9-16(10-15)24-13-17(19)23/h2-10H,11-13H2,1H3,(H2,19,23)(H2,20,21,22). The SMILES string of the molecule is CN=C(NCc1ccccc1)NCc1cccc(OCC(N)=O)c1. The fraction of sp³-hybridized carbons (Fsp3) is 0.222. The molecule has 4 N–H and O–H groups in total. The summed E-state index contributed by atoms with van der Waals surface area (Å²) in [5.41, 5.74) is 7.27. The number of hydrogen-bond donors (Lipinski definition) is 3. The summed E-state index contributed by atoms with van der Waals surface area (Å²) in [5, 5.41) is 6.50. The number of guanidine groups is 1. The van der Waals surface area contributed by atoms with Crippen molar-refractivity contribution in [2.24, 2.45) is 10.7 Å². The number of hydrogen-bond acceptors (Lipinski definition) is 3. The third kappa shape index (κ3) is 6.00. The fourth-order valence-electron chi connectivity index (χ4n) is 2.09. The molecule has 0 saturated heterocycles. The van der Waals surface area contributed by atoms with E-state index in [9.17, 15) is 4.79 Å². The van der Waals surface area contributed by atoms with E-state index in [0.717, 1.165) is 5.56 Å². The molecule has 0 bridgehead atoms. The zero-order chi connectivity index (χ0) is 17.2. The number of carbonyl (C=O) groups excluding carboxylic acids is 1. The summed E-state index contributed by atoms with van der Waals surface area (Å²) in [7, 11) is 1.73. The van der Waals surface area contributed by atoms with Gasteiger partial charge in [-0.1, -0.05) is 42.5 Å². The van der Waals surface area contributed by atoms with Gasteiger partial charge in [0.05, 0.1) is 0 Å². The lowest BCUT2D eigenvalue weighted by Crippen LogP contribution is -2.36. The van der Waals surface area contributed by atoms with Crippen LogP contribution >= 0.6 is 0 Å². The molecule has 6 heteroatoms. The fourth-order valence-corrected chi connectivity index (χ4v) is 2.09. The number of nitrogens with zero attached hydrogens (tertiary/aromatic N) is 1. The highest BCUT2D eigenvalue weighted by atomic mass is 16.5.